The first-order chi connectivity index (χ1) is 8.49. The van der Waals surface area contributed by atoms with Crippen molar-refractivity contribution in [2.24, 2.45) is 0 Å². The van der Waals surface area contributed by atoms with Crippen molar-refractivity contribution in [3.63, 3.8) is 0 Å². The molecule has 5 heteroatoms. The molecule has 0 heterocycles. The Hall–Kier alpha value is -1.03. The van der Waals surface area contributed by atoms with Gasteiger partial charge in [-0.3, -0.25) is 4.79 Å². The molecule has 92 valence electrons. The molecule has 2 N–H and O–H groups in total. The predicted molar refractivity (Wildman–Crippen MR) is 78.4 cm³/mol. The van der Waals surface area contributed by atoms with Gasteiger partial charge in [-0.25, -0.2) is 0 Å². The lowest BCUT2D eigenvalue weighted by atomic mass is 10.0. The zero-order chi connectivity index (χ0) is 13.3. The summed E-state index contributed by atoms with van der Waals surface area (Å²) in [5.41, 5.74) is 7.28. The molecule has 2 rings (SSSR count). The Labute approximate surface area is 123 Å². The maximum Gasteiger partial charge on any atom is 0.193 e. The van der Waals surface area contributed by atoms with Gasteiger partial charge in [0.15, 0.2) is 5.78 Å². The van der Waals surface area contributed by atoms with Crippen molar-refractivity contribution in [3.8, 4) is 0 Å². The highest BCUT2D eigenvalue weighted by molar-refractivity contribution is 9.10. The van der Waals surface area contributed by atoms with Crippen LogP contribution in [-0.4, -0.2) is 5.78 Å². The quantitative estimate of drug-likeness (QED) is 0.640. The van der Waals surface area contributed by atoms with Gasteiger partial charge in [-0.15, -0.1) is 0 Å². The second-order valence-corrected chi connectivity index (χ2v) is 5.36. The van der Waals surface area contributed by atoms with Crippen LogP contribution in [0.25, 0.3) is 0 Å². The van der Waals surface area contributed by atoms with Gasteiger partial charge in [0.25, 0.3) is 0 Å². The average Bonchev–Trinajstić information content (AvgIpc) is 2.35. The van der Waals surface area contributed by atoms with Gasteiger partial charge in [0, 0.05) is 21.3 Å². The van der Waals surface area contributed by atoms with Gasteiger partial charge in [0.1, 0.15) is 0 Å². The number of halogens is 3. The van der Waals surface area contributed by atoms with Crippen molar-refractivity contribution < 1.29 is 4.79 Å². The zero-order valence-electron chi connectivity index (χ0n) is 9.08. The molecule has 0 radical (unpaired) electrons. The van der Waals surface area contributed by atoms with Crippen LogP contribution in [0.3, 0.4) is 0 Å². The maximum atomic E-state index is 12.2. The minimum absolute atomic E-state index is 0.130. The normalized spacial score (nSPS) is 10.4. The van der Waals surface area contributed by atoms with E-state index in [1.54, 1.807) is 36.4 Å². The van der Waals surface area contributed by atoms with Gasteiger partial charge in [-0.2, -0.15) is 0 Å². The van der Waals surface area contributed by atoms with Crippen LogP contribution in [0.2, 0.25) is 10.0 Å². The minimum atomic E-state index is -0.130. The first kappa shape index (κ1) is 13.4. The standard InChI is InChI=1S/C13H8BrCl2NO/c14-9-5-7(2-4-12(9)17)13(18)8-1-3-10(15)11(16)6-8/h1-6H,17H2. The third-order valence-electron chi connectivity index (χ3n) is 2.44. The van der Waals surface area contributed by atoms with E-state index in [9.17, 15) is 4.79 Å². The SMILES string of the molecule is Nc1ccc(C(=O)c2ccc(Cl)c(Cl)c2)cc1Br. The van der Waals surface area contributed by atoms with Gasteiger partial charge in [-0.1, -0.05) is 23.2 Å². The summed E-state index contributed by atoms with van der Waals surface area (Å²) in [5, 5.41) is 0.781. The van der Waals surface area contributed by atoms with Crippen LogP contribution in [0.1, 0.15) is 15.9 Å². The van der Waals surface area contributed by atoms with Crippen molar-refractivity contribution in [3.05, 3.63) is 62.0 Å². The lowest BCUT2D eigenvalue weighted by Crippen LogP contribution is -2.02. The molecule has 2 aromatic rings. The van der Waals surface area contributed by atoms with Crippen LogP contribution >= 0.6 is 39.1 Å². The molecule has 0 unspecified atom stereocenters. The van der Waals surface area contributed by atoms with E-state index in [4.69, 9.17) is 28.9 Å². The molecule has 0 spiro atoms. The summed E-state index contributed by atoms with van der Waals surface area (Å²) >= 11 is 15.0. The lowest BCUT2D eigenvalue weighted by Gasteiger charge is -2.05. The average molecular weight is 345 g/mol. The largest absolute Gasteiger partial charge is 0.398 e. The summed E-state index contributed by atoms with van der Waals surface area (Å²) in [7, 11) is 0. The number of nitrogen functional groups attached to an aromatic ring is 1. The van der Waals surface area contributed by atoms with E-state index in [2.05, 4.69) is 15.9 Å². The second kappa shape index (κ2) is 5.31. The molecule has 0 aliphatic carbocycles. The number of rotatable bonds is 2. The third-order valence-corrected chi connectivity index (χ3v) is 3.87. The molecule has 0 aliphatic rings. The number of nitrogens with two attached hydrogens (primary N) is 1. The molecule has 0 atom stereocenters. The Balaban J connectivity index is 2.41. The fraction of sp³-hybridized carbons (Fsp3) is 0. The Bertz CT molecular complexity index is 575. The van der Waals surface area contributed by atoms with Crippen LogP contribution in [0, 0.1) is 0 Å². The summed E-state index contributed by atoms with van der Waals surface area (Å²) in [6.07, 6.45) is 0. The van der Waals surface area contributed by atoms with E-state index in [0.29, 0.717) is 31.3 Å². The van der Waals surface area contributed by atoms with E-state index in [-0.39, 0.29) is 5.78 Å². The number of ketones is 1. The number of hydrogen-bond acceptors (Lipinski definition) is 2. The van der Waals surface area contributed by atoms with Crippen LogP contribution in [0.4, 0.5) is 5.69 Å². The number of carbonyl (C=O) groups is 1. The van der Waals surface area contributed by atoms with Crippen molar-refractivity contribution in [1.82, 2.24) is 0 Å². The monoisotopic (exact) mass is 343 g/mol. The number of hydrogen-bond donors (Lipinski definition) is 1. The predicted octanol–water partition coefficient (Wildman–Crippen LogP) is 4.57. The van der Waals surface area contributed by atoms with Crippen molar-refractivity contribution in [1.29, 1.82) is 0 Å². The van der Waals surface area contributed by atoms with Gasteiger partial charge >= 0.3 is 0 Å². The zero-order valence-corrected chi connectivity index (χ0v) is 12.2. The lowest BCUT2D eigenvalue weighted by molar-refractivity contribution is 0.103. The molecule has 0 bridgehead atoms. The molecule has 18 heavy (non-hydrogen) atoms. The van der Waals surface area contributed by atoms with Crippen LogP contribution in [0.15, 0.2) is 40.9 Å². The molecular formula is C13H8BrCl2NO. The maximum absolute atomic E-state index is 12.2. The van der Waals surface area contributed by atoms with E-state index in [1.165, 1.54) is 0 Å². The number of benzene rings is 2. The smallest absolute Gasteiger partial charge is 0.193 e. The van der Waals surface area contributed by atoms with E-state index >= 15 is 0 Å². The summed E-state index contributed by atoms with van der Waals surface area (Å²) in [4.78, 5) is 12.2. The molecule has 0 aliphatic heterocycles. The third kappa shape index (κ3) is 2.69. The summed E-state index contributed by atoms with van der Waals surface area (Å²) in [6, 6.07) is 9.82. The summed E-state index contributed by atoms with van der Waals surface area (Å²) in [6.45, 7) is 0. The van der Waals surface area contributed by atoms with Gasteiger partial charge in [-0.05, 0) is 52.3 Å². The van der Waals surface area contributed by atoms with Gasteiger partial charge < -0.3 is 5.73 Å². The Morgan fingerprint density at radius 1 is 1.00 bits per heavy atom. The Morgan fingerprint density at radius 2 is 1.61 bits per heavy atom. The Kier molecular flexibility index (Phi) is 3.95. The molecule has 0 fully saturated rings. The Morgan fingerprint density at radius 3 is 2.22 bits per heavy atom. The molecular weight excluding hydrogens is 337 g/mol. The number of anilines is 1. The van der Waals surface area contributed by atoms with Gasteiger partial charge in [0.05, 0.1) is 10.0 Å². The molecule has 0 amide bonds. The molecule has 0 aromatic heterocycles. The van der Waals surface area contributed by atoms with Crippen LogP contribution < -0.4 is 5.73 Å². The first-order valence-corrected chi connectivity index (χ1v) is 6.58. The van der Waals surface area contributed by atoms with Gasteiger partial charge in [0.2, 0.25) is 0 Å². The molecule has 2 nitrogen and oxygen atoms in total. The van der Waals surface area contributed by atoms with Crippen molar-refractivity contribution in [2.75, 3.05) is 5.73 Å². The molecule has 2 aromatic carbocycles. The van der Waals surface area contributed by atoms with E-state index in [0.717, 1.165) is 0 Å². The van der Waals surface area contributed by atoms with Crippen LogP contribution in [0.5, 0.6) is 0 Å². The number of carbonyl (C=O) groups excluding carboxylic acids is 1. The topological polar surface area (TPSA) is 43.1 Å². The van der Waals surface area contributed by atoms with Crippen LogP contribution in [-0.2, 0) is 0 Å². The van der Waals surface area contributed by atoms with Crippen molar-refractivity contribution >= 4 is 50.6 Å². The fourth-order valence-electron chi connectivity index (χ4n) is 1.47. The second-order valence-electron chi connectivity index (χ2n) is 3.69. The fourth-order valence-corrected chi connectivity index (χ4v) is 2.15. The highest BCUT2D eigenvalue weighted by atomic mass is 79.9. The first-order valence-electron chi connectivity index (χ1n) is 5.04. The van der Waals surface area contributed by atoms with Crippen molar-refractivity contribution in [2.45, 2.75) is 0 Å². The molecule has 0 saturated heterocycles. The summed E-state index contributed by atoms with van der Waals surface area (Å²) < 4.78 is 0.688. The summed E-state index contributed by atoms with van der Waals surface area (Å²) in [5.74, 6) is -0.130. The highest BCUT2D eigenvalue weighted by Crippen LogP contribution is 2.26. The molecule has 0 saturated carbocycles. The van der Waals surface area contributed by atoms with E-state index in [1.807, 2.05) is 0 Å². The highest BCUT2D eigenvalue weighted by Gasteiger charge is 2.11. The minimum Gasteiger partial charge on any atom is -0.398 e. The van der Waals surface area contributed by atoms with E-state index < -0.39 is 0 Å².